The van der Waals surface area contributed by atoms with Crippen molar-refractivity contribution < 1.29 is 9.32 Å². The molecule has 6 nitrogen and oxygen atoms in total. The number of aryl methyl sites for hydroxylation is 1. The van der Waals surface area contributed by atoms with Crippen molar-refractivity contribution in [1.82, 2.24) is 20.0 Å². The van der Waals surface area contributed by atoms with Crippen LogP contribution in [-0.4, -0.2) is 20.6 Å². The molecule has 0 bridgehead atoms. The number of aromatic nitrogens is 3. The molecule has 0 spiro atoms. The van der Waals surface area contributed by atoms with Crippen molar-refractivity contribution in [3.63, 3.8) is 0 Å². The molecule has 1 amide bonds. The standard InChI is InChI=1S/C12H13BrN4O2/c1-7-15-11(16-19-7)5-14-12(18)10-4-8(13)6-17(10)9-2-3-9/h4,6,9H,2-3,5H2,1H3,(H,14,18). The molecule has 0 radical (unpaired) electrons. The quantitative estimate of drug-likeness (QED) is 0.935. The van der Waals surface area contributed by atoms with Gasteiger partial charge in [-0.05, 0) is 34.8 Å². The van der Waals surface area contributed by atoms with Crippen LogP contribution < -0.4 is 5.32 Å². The van der Waals surface area contributed by atoms with Gasteiger partial charge in [-0.1, -0.05) is 5.16 Å². The van der Waals surface area contributed by atoms with E-state index in [4.69, 9.17) is 4.52 Å². The lowest BCUT2D eigenvalue weighted by Crippen LogP contribution is -2.25. The van der Waals surface area contributed by atoms with Crippen LogP contribution in [0.2, 0.25) is 0 Å². The summed E-state index contributed by atoms with van der Waals surface area (Å²) in [5, 5.41) is 6.54. The minimum atomic E-state index is -0.125. The van der Waals surface area contributed by atoms with E-state index >= 15 is 0 Å². The molecule has 0 unspecified atom stereocenters. The number of carbonyl (C=O) groups excluding carboxylic acids is 1. The maximum absolute atomic E-state index is 12.2. The molecular formula is C12H13BrN4O2. The van der Waals surface area contributed by atoms with Crippen molar-refractivity contribution in [2.24, 2.45) is 0 Å². The predicted molar refractivity (Wildman–Crippen MR) is 70.6 cm³/mol. The summed E-state index contributed by atoms with van der Waals surface area (Å²) in [7, 11) is 0. The van der Waals surface area contributed by atoms with Gasteiger partial charge in [0, 0.05) is 23.6 Å². The summed E-state index contributed by atoms with van der Waals surface area (Å²) < 4.78 is 7.78. The topological polar surface area (TPSA) is 73.0 Å². The fourth-order valence-corrected chi connectivity index (χ4v) is 2.38. The lowest BCUT2D eigenvalue weighted by Gasteiger charge is -2.07. The van der Waals surface area contributed by atoms with E-state index in [2.05, 4.69) is 31.4 Å². The number of hydrogen-bond donors (Lipinski definition) is 1. The smallest absolute Gasteiger partial charge is 0.268 e. The highest BCUT2D eigenvalue weighted by molar-refractivity contribution is 9.10. The van der Waals surface area contributed by atoms with E-state index in [1.54, 1.807) is 6.92 Å². The predicted octanol–water partition coefficient (Wildman–Crippen LogP) is 2.21. The van der Waals surface area contributed by atoms with Gasteiger partial charge in [0.15, 0.2) is 5.82 Å². The van der Waals surface area contributed by atoms with Crippen molar-refractivity contribution in [1.29, 1.82) is 0 Å². The van der Waals surface area contributed by atoms with Gasteiger partial charge in [-0.15, -0.1) is 0 Å². The molecule has 19 heavy (non-hydrogen) atoms. The zero-order chi connectivity index (χ0) is 13.4. The lowest BCUT2D eigenvalue weighted by molar-refractivity contribution is 0.0940. The first-order valence-corrected chi connectivity index (χ1v) is 6.87. The molecule has 0 aliphatic heterocycles. The maximum atomic E-state index is 12.2. The van der Waals surface area contributed by atoms with Gasteiger partial charge in [0.1, 0.15) is 5.69 Å². The normalized spacial score (nSPS) is 14.6. The van der Waals surface area contributed by atoms with E-state index in [1.165, 1.54) is 0 Å². The Balaban J connectivity index is 1.70. The first kappa shape index (κ1) is 12.4. The molecular weight excluding hydrogens is 312 g/mol. The Hall–Kier alpha value is -1.63. The summed E-state index contributed by atoms with van der Waals surface area (Å²) in [6.07, 6.45) is 4.21. The van der Waals surface area contributed by atoms with E-state index in [9.17, 15) is 4.79 Å². The Labute approximate surface area is 118 Å². The van der Waals surface area contributed by atoms with E-state index in [0.29, 0.717) is 23.5 Å². The third-order valence-electron chi connectivity index (χ3n) is 2.96. The van der Waals surface area contributed by atoms with E-state index < -0.39 is 0 Å². The zero-order valence-corrected chi connectivity index (χ0v) is 12.0. The van der Waals surface area contributed by atoms with E-state index in [-0.39, 0.29) is 12.5 Å². The number of halogens is 1. The van der Waals surface area contributed by atoms with Crippen LogP contribution in [0.1, 0.15) is 41.1 Å². The summed E-state index contributed by atoms with van der Waals surface area (Å²) in [4.78, 5) is 16.2. The molecule has 1 N–H and O–H groups in total. The second kappa shape index (κ2) is 4.80. The van der Waals surface area contributed by atoms with Crippen LogP contribution in [0.25, 0.3) is 0 Å². The lowest BCUT2D eigenvalue weighted by atomic mass is 10.4. The number of rotatable bonds is 4. The average molecular weight is 325 g/mol. The summed E-state index contributed by atoms with van der Waals surface area (Å²) >= 11 is 3.41. The van der Waals surface area contributed by atoms with Crippen molar-refractivity contribution in [3.05, 3.63) is 34.1 Å². The molecule has 3 rings (SSSR count). The fourth-order valence-electron chi connectivity index (χ4n) is 1.95. The summed E-state index contributed by atoms with van der Waals surface area (Å²) in [5.41, 5.74) is 0.662. The van der Waals surface area contributed by atoms with Gasteiger partial charge in [-0.2, -0.15) is 4.98 Å². The zero-order valence-electron chi connectivity index (χ0n) is 10.4. The molecule has 2 aromatic heterocycles. The Morgan fingerprint density at radius 1 is 1.63 bits per heavy atom. The van der Waals surface area contributed by atoms with Crippen LogP contribution in [0.5, 0.6) is 0 Å². The van der Waals surface area contributed by atoms with Gasteiger partial charge in [0.25, 0.3) is 5.91 Å². The van der Waals surface area contributed by atoms with Gasteiger partial charge in [-0.25, -0.2) is 0 Å². The van der Waals surface area contributed by atoms with Crippen LogP contribution in [0.15, 0.2) is 21.3 Å². The first-order chi connectivity index (χ1) is 9.13. The second-order valence-corrected chi connectivity index (χ2v) is 5.51. The highest BCUT2D eigenvalue weighted by Crippen LogP contribution is 2.37. The minimum Gasteiger partial charge on any atom is -0.343 e. The van der Waals surface area contributed by atoms with Crippen LogP contribution in [0.4, 0.5) is 0 Å². The highest BCUT2D eigenvalue weighted by atomic mass is 79.9. The molecule has 1 aliphatic rings. The molecule has 1 aliphatic carbocycles. The molecule has 2 aromatic rings. The molecule has 7 heteroatoms. The number of hydrogen-bond acceptors (Lipinski definition) is 4. The summed E-state index contributed by atoms with van der Waals surface area (Å²) in [5.74, 6) is 0.850. The Morgan fingerprint density at radius 3 is 3.05 bits per heavy atom. The molecule has 1 fully saturated rings. The van der Waals surface area contributed by atoms with Gasteiger partial charge >= 0.3 is 0 Å². The minimum absolute atomic E-state index is 0.125. The summed E-state index contributed by atoms with van der Waals surface area (Å²) in [6, 6.07) is 2.29. The van der Waals surface area contributed by atoms with Gasteiger partial charge in [0.2, 0.25) is 5.89 Å². The first-order valence-electron chi connectivity index (χ1n) is 6.08. The number of carbonyl (C=O) groups is 1. The SMILES string of the molecule is Cc1nc(CNC(=O)c2cc(Br)cn2C2CC2)no1. The van der Waals surface area contributed by atoms with Crippen LogP contribution in [0.3, 0.4) is 0 Å². The van der Waals surface area contributed by atoms with E-state index in [0.717, 1.165) is 17.3 Å². The third-order valence-corrected chi connectivity index (χ3v) is 3.40. The van der Waals surface area contributed by atoms with Gasteiger partial charge in [0.05, 0.1) is 6.54 Å². The van der Waals surface area contributed by atoms with Crippen LogP contribution in [-0.2, 0) is 6.54 Å². The highest BCUT2D eigenvalue weighted by Gasteiger charge is 2.27. The van der Waals surface area contributed by atoms with Crippen molar-refractivity contribution in [2.75, 3.05) is 0 Å². The average Bonchev–Trinajstić information content (AvgIpc) is 3.03. The second-order valence-electron chi connectivity index (χ2n) is 4.59. The van der Waals surface area contributed by atoms with Crippen molar-refractivity contribution in [2.45, 2.75) is 32.4 Å². The Bertz CT molecular complexity index is 615. The van der Waals surface area contributed by atoms with Gasteiger partial charge in [-0.3, -0.25) is 4.79 Å². The summed E-state index contributed by atoms with van der Waals surface area (Å²) in [6.45, 7) is 1.98. The van der Waals surface area contributed by atoms with Crippen LogP contribution in [0, 0.1) is 6.92 Å². The fraction of sp³-hybridized carbons (Fsp3) is 0.417. The number of amides is 1. The Morgan fingerprint density at radius 2 is 2.42 bits per heavy atom. The Kier molecular flexibility index (Phi) is 3.14. The number of nitrogens with zero attached hydrogens (tertiary/aromatic N) is 3. The molecule has 1 saturated carbocycles. The van der Waals surface area contributed by atoms with Crippen molar-refractivity contribution in [3.8, 4) is 0 Å². The van der Waals surface area contributed by atoms with Gasteiger partial charge < -0.3 is 14.4 Å². The molecule has 0 atom stereocenters. The largest absolute Gasteiger partial charge is 0.343 e. The monoisotopic (exact) mass is 324 g/mol. The molecule has 0 aromatic carbocycles. The molecule has 2 heterocycles. The third kappa shape index (κ3) is 2.70. The molecule has 0 saturated heterocycles. The van der Waals surface area contributed by atoms with Crippen molar-refractivity contribution >= 4 is 21.8 Å². The maximum Gasteiger partial charge on any atom is 0.268 e. The molecule has 100 valence electrons. The van der Waals surface area contributed by atoms with Crippen LogP contribution >= 0.6 is 15.9 Å². The van der Waals surface area contributed by atoms with E-state index in [1.807, 2.05) is 16.8 Å². The number of nitrogens with one attached hydrogen (secondary N) is 1.